The highest BCUT2D eigenvalue weighted by Crippen LogP contribution is 2.26. The zero-order chi connectivity index (χ0) is 21.3. The van der Waals surface area contributed by atoms with Crippen molar-refractivity contribution in [1.29, 1.82) is 0 Å². The molecule has 1 aliphatic rings. The van der Waals surface area contributed by atoms with Gasteiger partial charge in [0.05, 0.1) is 11.6 Å². The molecule has 9 heteroatoms. The highest BCUT2D eigenvalue weighted by Gasteiger charge is 2.32. The third kappa shape index (κ3) is 4.24. The van der Waals surface area contributed by atoms with Gasteiger partial charge < -0.3 is 20.9 Å². The Morgan fingerprint density at radius 1 is 1.23 bits per heavy atom. The van der Waals surface area contributed by atoms with Crippen LogP contribution >= 0.6 is 23.8 Å². The maximum Gasteiger partial charge on any atom is 0.223 e. The van der Waals surface area contributed by atoms with Crippen molar-refractivity contribution in [3.8, 4) is 0 Å². The molecule has 3 heterocycles. The van der Waals surface area contributed by atoms with E-state index in [9.17, 15) is 0 Å². The van der Waals surface area contributed by atoms with Gasteiger partial charge in [-0.3, -0.25) is 4.98 Å². The van der Waals surface area contributed by atoms with Crippen LogP contribution in [0, 0.1) is 5.92 Å². The van der Waals surface area contributed by atoms with Crippen molar-refractivity contribution < 1.29 is 0 Å². The number of aromatic nitrogens is 3. The number of anilines is 3. The average Bonchev–Trinajstić information content (AvgIpc) is 2.73. The van der Waals surface area contributed by atoms with Gasteiger partial charge >= 0.3 is 0 Å². The Balaban J connectivity index is 1.54. The first-order valence-corrected chi connectivity index (χ1v) is 10.7. The molecule has 0 amide bonds. The molecular weight excluding hydrogens is 418 g/mol. The molecule has 3 aromatic rings. The van der Waals surface area contributed by atoms with Gasteiger partial charge in [-0.1, -0.05) is 31.5 Å². The van der Waals surface area contributed by atoms with Crippen molar-refractivity contribution in [2.24, 2.45) is 5.92 Å². The Kier molecular flexibility index (Phi) is 5.87. The number of nitrogens with one attached hydrogen (secondary N) is 1. The van der Waals surface area contributed by atoms with E-state index in [2.05, 4.69) is 50.0 Å². The van der Waals surface area contributed by atoms with Gasteiger partial charge in [0.15, 0.2) is 5.11 Å². The summed E-state index contributed by atoms with van der Waals surface area (Å²) in [5.41, 5.74) is 7.69. The SMILES string of the molecule is CC(C)[C@H]1CN(c2cc(Cl)nc(N)n2)CCN1C(=S)Nc1cccc2ncccc12. The molecule has 4 rings (SSSR count). The zero-order valence-electron chi connectivity index (χ0n) is 16.9. The monoisotopic (exact) mass is 441 g/mol. The van der Waals surface area contributed by atoms with E-state index < -0.39 is 0 Å². The number of rotatable bonds is 3. The number of nitrogen functional groups attached to an aromatic ring is 1. The molecule has 156 valence electrons. The Morgan fingerprint density at radius 3 is 2.83 bits per heavy atom. The summed E-state index contributed by atoms with van der Waals surface area (Å²) in [5.74, 6) is 1.32. The van der Waals surface area contributed by atoms with E-state index in [-0.39, 0.29) is 12.0 Å². The molecule has 30 heavy (non-hydrogen) atoms. The van der Waals surface area contributed by atoms with Crippen LogP contribution < -0.4 is 16.0 Å². The summed E-state index contributed by atoms with van der Waals surface area (Å²) in [7, 11) is 0. The molecule has 2 aromatic heterocycles. The summed E-state index contributed by atoms with van der Waals surface area (Å²) < 4.78 is 0. The quantitative estimate of drug-likeness (QED) is 0.469. The van der Waals surface area contributed by atoms with Crippen molar-refractivity contribution in [3.63, 3.8) is 0 Å². The number of hydrogen-bond donors (Lipinski definition) is 2. The van der Waals surface area contributed by atoms with Crippen LogP contribution in [0.2, 0.25) is 5.15 Å². The largest absolute Gasteiger partial charge is 0.368 e. The van der Waals surface area contributed by atoms with Crippen molar-refractivity contribution >= 4 is 57.3 Å². The van der Waals surface area contributed by atoms with Crippen molar-refractivity contribution in [3.05, 3.63) is 47.7 Å². The standard InChI is InChI=1S/C21H24ClN7S/c1-13(2)17-12-28(19-11-18(22)26-20(23)27-19)9-10-29(17)21(30)25-16-7-3-6-15-14(16)5-4-8-24-15/h3-8,11,13,17H,9-10,12H2,1-2H3,(H,25,30)(H2,23,26,27)/t17-/m1/s1. The smallest absolute Gasteiger partial charge is 0.223 e. The molecule has 1 fully saturated rings. The third-order valence-corrected chi connectivity index (χ3v) is 5.89. The lowest BCUT2D eigenvalue weighted by Gasteiger charge is -2.45. The van der Waals surface area contributed by atoms with Crippen LogP contribution in [0.5, 0.6) is 0 Å². The molecule has 0 unspecified atom stereocenters. The van der Waals surface area contributed by atoms with Crippen molar-refractivity contribution in [2.45, 2.75) is 19.9 Å². The Morgan fingerprint density at radius 2 is 2.07 bits per heavy atom. The lowest BCUT2D eigenvalue weighted by Crippen LogP contribution is -2.58. The van der Waals surface area contributed by atoms with Crippen LogP contribution in [0.15, 0.2) is 42.6 Å². The minimum Gasteiger partial charge on any atom is -0.368 e. The Labute approximate surface area is 186 Å². The molecular formula is C21H24ClN7S. The van der Waals surface area contributed by atoms with E-state index >= 15 is 0 Å². The normalized spacial score (nSPS) is 16.9. The first-order chi connectivity index (χ1) is 14.4. The second-order valence-electron chi connectivity index (χ2n) is 7.66. The van der Waals surface area contributed by atoms with Gasteiger partial charge in [-0.25, -0.2) is 4.98 Å². The molecule has 1 aliphatic heterocycles. The van der Waals surface area contributed by atoms with E-state index in [1.807, 2.05) is 24.3 Å². The number of hydrogen-bond acceptors (Lipinski definition) is 6. The Bertz CT molecular complexity index is 1050. The molecule has 0 radical (unpaired) electrons. The van der Waals surface area contributed by atoms with Gasteiger partial charge in [-0.05, 0) is 42.4 Å². The van der Waals surface area contributed by atoms with Gasteiger partial charge in [0.25, 0.3) is 0 Å². The molecule has 3 N–H and O–H groups in total. The van der Waals surface area contributed by atoms with E-state index in [0.29, 0.717) is 16.2 Å². The minimum atomic E-state index is 0.183. The first kappa shape index (κ1) is 20.6. The number of nitrogens with zero attached hydrogens (tertiary/aromatic N) is 5. The number of nitrogens with two attached hydrogens (primary N) is 1. The maximum absolute atomic E-state index is 6.08. The van der Waals surface area contributed by atoms with Gasteiger partial charge in [-0.2, -0.15) is 4.98 Å². The van der Waals surface area contributed by atoms with E-state index in [1.54, 1.807) is 12.3 Å². The third-order valence-electron chi connectivity index (χ3n) is 5.36. The molecule has 1 aromatic carbocycles. The molecule has 0 saturated carbocycles. The molecule has 0 bridgehead atoms. The van der Waals surface area contributed by atoms with Crippen molar-refractivity contribution in [2.75, 3.05) is 35.6 Å². The number of fused-ring (bicyclic) bond motifs is 1. The Hall–Kier alpha value is -2.71. The predicted molar refractivity (Wildman–Crippen MR) is 127 cm³/mol. The lowest BCUT2D eigenvalue weighted by atomic mass is 10.00. The van der Waals surface area contributed by atoms with Gasteiger partial charge in [0, 0.05) is 43.0 Å². The fraction of sp³-hybridized carbons (Fsp3) is 0.333. The van der Waals surface area contributed by atoms with E-state index in [1.165, 1.54) is 0 Å². The zero-order valence-corrected chi connectivity index (χ0v) is 18.5. The highest BCUT2D eigenvalue weighted by atomic mass is 35.5. The summed E-state index contributed by atoms with van der Waals surface area (Å²) in [6.07, 6.45) is 1.80. The molecule has 7 nitrogen and oxygen atoms in total. The van der Waals surface area contributed by atoms with Gasteiger partial charge in [-0.15, -0.1) is 0 Å². The summed E-state index contributed by atoms with van der Waals surface area (Å²) in [5, 5.41) is 5.56. The second-order valence-corrected chi connectivity index (χ2v) is 8.44. The van der Waals surface area contributed by atoms with Gasteiger partial charge in [0.2, 0.25) is 5.95 Å². The lowest BCUT2D eigenvalue weighted by molar-refractivity contribution is 0.227. The molecule has 1 atom stereocenters. The van der Waals surface area contributed by atoms with Crippen LogP contribution in [0.25, 0.3) is 10.9 Å². The number of thiocarbonyl (C=S) groups is 1. The number of pyridine rings is 1. The van der Waals surface area contributed by atoms with Crippen LogP contribution in [-0.4, -0.2) is 50.6 Å². The van der Waals surface area contributed by atoms with E-state index in [4.69, 9.17) is 29.6 Å². The molecule has 0 spiro atoms. The summed E-state index contributed by atoms with van der Waals surface area (Å²) in [6, 6.07) is 12.0. The second kappa shape index (κ2) is 8.57. The topological polar surface area (TPSA) is 83.2 Å². The summed E-state index contributed by atoms with van der Waals surface area (Å²) in [6.45, 7) is 6.69. The number of piperazine rings is 1. The highest BCUT2D eigenvalue weighted by molar-refractivity contribution is 7.80. The predicted octanol–water partition coefficient (Wildman–Crippen LogP) is 3.80. The minimum absolute atomic E-state index is 0.183. The van der Waals surface area contributed by atoms with Crippen LogP contribution in [0.1, 0.15) is 13.8 Å². The molecule has 1 saturated heterocycles. The average molecular weight is 442 g/mol. The number of benzene rings is 1. The fourth-order valence-corrected chi connectivity index (χ4v) is 4.35. The van der Waals surface area contributed by atoms with Crippen LogP contribution in [-0.2, 0) is 0 Å². The van der Waals surface area contributed by atoms with Crippen LogP contribution in [0.3, 0.4) is 0 Å². The fourth-order valence-electron chi connectivity index (χ4n) is 3.83. The summed E-state index contributed by atoms with van der Waals surface area (Å²) >= 11 is 11.9. The van der Waals surface area contributed by atoms with Crippen molar-refractivity contribution in [1.82, 2.24) is 19.9 Å². The first-order valence-electron chi connectivity index (χ1n) is 9.89. The summed E-state index contributed by atoms with van der Waals surface area (Å²) in [4.78, 5) is 17.2. The van der Waals surface area contributed by atoms with E-state index in [0.717, 1.165) is 42.0 Å². The molecule has 0 aliphatic carbocycles. The maximum atomic E-state index is 6.08. The van der Waals surface area contributed by atoms with Crippen LogP contribution in [0.4, 0.5) is 17.5 Å². The number of halogens is 1. The van der Waals surface area contributed by atoms with Gasteiger partial charge in [0.1, 0.15) is 11.0 Å².